The molecule has 1 radical (unpaired) electrons. The number of carbonyl (C=O) groups is 1. The Morgan fingerprint density at radius 3 is 2.50 bits per heavy atom. The van der Waals surface area contributed by atoms with E-state index in [1.807, 2.05) is 6.92 Å². The van der Waals surface area contributed by atoms with Crippen molar-refractivity contribution in [2.45, 2.75) is 39.5 Å². The van der Waals surface area contributed by atoms with E-state index in [0.29, 0.717) is 0 Å². The monoisotopic (exact) mass is 142 g/mol. The maximum atomic E-state index is 10.4. The number of hydrogen-bond donors (Lipinski definition) is 0. The highest BCUT2D eigenvalue weighted by Crippen LogP contribution is 2.08. The van der Waals surface area contributed by atoms with E-state index in [2.05, 4.69) is 6.92 Å². The minimum atomic E-state index is -0.420. The Kier molecular flexibility index (Phi) is 4.99. The Morgan fingerprint density at radius 1 is 1.50 bits per heavy atom. The van der Waals surface area contributed by atoms with Crippen molar-refractivity contribution in [3.8, 4) is 0 Å². The minimum Gasteiger partial charge on any atom is -0.273 e. The molecule has 0 saturated heterocycles. The summed E-state index contributed by atoms with van der Waals surface area (Å²) in [6.45, 7) is 3.96. The smallest absolute Gasteiger partial charge is 0.241 e. The Balaban J connectivity index is 3.21. The van der Waals surface area contributed by atoms with E-state index in [1.54, 1.807) is 0 Å². The van der Waals surface area contributed by atoms with Crippen LogP contribution in [0, 0.1) is 5.92 Å². The van der Waals surface area contributed by atoms with Crippen LogP contribution >= 0.6 is 0 Å². The van der Waals surface area contributed by atoms with Crippen LogP contribution in [0.5, 0.6) is 0 Å². The van der Waals surface area contributed by atoms with Crippen molar-refractivity contribution in [2.75, 3.05) is 0 Å². The molecular weight excluding hydrogens is 126 g/mol. The molecule has 0 aromatic heterocycles. The minimum absolute atomic E-state index is 0.0495. The van der Waals surface area contributed by atoms with Gasteiger partial charge in [0.1, 0.15) is 0 Å². The van der Waals surface area contributed by atoms with Gasteiger partial charge in [-0.25, -0.2) is 0 Å². The first kappa shape index (κ1) is 9.47. The van der Waals surface area contributed by atoms with E-state index >= 15 is 0 Å². The summed E-state index contributed by atoms with van der Waals surface area (Å²) in [4.78, 5) is 10.4. The zero-order valence-electron chi connectivity index (χ0n) is 6.81. The Labute approximate surface area is 62.8 Å². The number of hydrogen-bond acceptors (Lipinski definition) is 1. The lowest BCUT2D eigenvalue weighted by molar-refractivity contribution is -0.122. The first-order chi connectivity index (χ1) is 4.68. The van der Waals surface area contributed by atoms with E-state index in [4.69, 9.17) is 5.73 Å². The third-order valence-corrected chi connectivity index (χ3v) is 1.69. The number of unbranched alkanes of at least 4 members (excludes halogenated alkanes) is 2. The fraction of sp³-hybridized carbons (Fsp3) is 0.875. The second kappa shape index (κ2) is 5.27. The molecule has 0 aromatic rings. The van der Waals surface area contributed by atoms with Gasteiger partial charge >= 0.3 is 0 Å². The summed E-state index contributed by atoms with van der Waals surface area (Å²) in [6.07, 6.45) is 4.33. The van der Waals surface area contributed by atoms with Crippen LogP contribution in [-0.4, -0.2) is 5.91 Å². The van der Waals surface area contributed by atoms with Crippen molar-refractivity contribution in [3.63, 3.8) is 0 Å². The molecular formula is C8H16NO. The molecule has 1 atom stereocenters. The topological polar surface area (TPSA) is 40.9 Å². The van der Waals surface area contributed by atoms with Crippen LogP contribution in [0.2, 0.25) is 0 Å². The summed E-state index contributed by atoms with van der Waals surface area (Å²) in [7, 11) is 0. The molecule has 0 aliphatic rings. The molecule has 10 heavy (non-hydrogen) atoms. The molecule has 0 saturated carbocycles. The van der Waals surface area contributed by atoms with Crippen LogP contribution in [0.25, 0.3) is 0 Å². The van der Waals surface area contributed by atoms with E-state index in [1.165, 1.54) is 12.8 Å². The Hall–Kier alpha value is -0.530. The summed E-state index contributed by atoms with van der Waals surface area (Å²) in [5, 5.41) is 0. The molecule has 0 aliphatic heterocycles. The zero-order chi connectivity index (χ0) is 7.98. The largest absolute Gasteiger partial charge is 0.273 e. The summed E-state index contributed by atoms with van der Waals surface area (Å²) in [5.74, 6) is -0.470. The third kappa shape index (κ3) is 4.36. The number of rotatable bonds is 5. The second-order valence-corrected chi connectivity index (χ2v) is 2.76. The predicted octanol–water partition coefficient (Wildman–Crippen LogP) is 2.01. The first-order valence-corrected chi connectivity index (χ1v) is 3.94. The third-order valence-electron chi connectivity index (χ3n) is 1.69. The molecule has 1 N–H and O–H groups in total. The molecule has 0 rings (SSSR count). The van der Waals surface area contributed by atoms with Crippen LogP contribution in [0.15, 0.2) is 0 Å². The van der Waals surface area contributed by atoms with E-state index in [-0.39, 0.29) is 5.92 Å². The quantitative estimate of drug-likeness (QED) is 0.541. The number of nitrogens with one attached hydrogen (secondary N) is 1. The van der Waals surface area contributed by atoms with Gasteiger partial charge in [0.2, 0.25) is 5.91 Å². The van der Waals surface area contributed by atoms with E-state index in [0.717, 1.165) is 12.8 Å². The highest BCUT2D eigenvalue weighted by molar-refractivity contribution is 5.75. The van der Waals surface area contributed by atoms with Crippen LogP contribution in [-0.2, 0) is 4.79 Å². The fourth-order valence-corrected chi connectivity index (χ4v) is 0.832. The van der Waals surface area contributed by atoms with Crippen molar-refractivity contribution in [1.29, 1.82) is 0 Å². The van der Waals surface area contributed by atoms with Gasteiger partial charge in [0.25, 0.3) is 0 Å². The molecule has 0 spiro atoms. The highest BCUT2D eigenvalue weighted by Gasteiger charge is 2.07. The Morgan fingerprint density at radius 2 is 2.10 bits per heavy atom. The number of amides is 1. The Bertz CT molecular complexity index is 101. The summed E-state index contributed by atoms with van der Waals surface area (Å²) < 4.78 is 0. The van der Waals surface area contributed by atoms with E-state index in [9.17, 15) is 4.79 Å². The fourth-order valence-electron chi connectivity index (χ4n) is 0.832. The molecule has 0 fully saturated rings. The highest BCUT2D eigenvalue weighted by atomic mass is 16.1. The molecule has 0 aromatic carbocycles. The van der Waals surface area contributed by atoms with E-state index < -0.39 is 5.91 Å². The van der Waals surface area contributed by atoms with Gasteiger partial charge in [-0.3, -0.25) is 10.5 Å². The lowest BCUT2D eigenvalue weighted by atomic mass is 10.0. The van der Waals surface area contributed by atoms with Gasteiger partial charge in [0, 0.05) is 5.92 Å². The van der Waals surface area contributed by atoms with Gasteiger partial charge < -0.3 is 0 Å². The molecule has 1 unspecified atom stereocenters. The van der Waals surface area contributed by atoms with Crippen molar-refractivity contribution < 1.29 is 4.79 Å². The summed E-state index contributed by atoms with van der Waals surface area (Å²) in [5.41, 5.74) is 6.78. The van der Waals surface area contributed by atoms with Gasteiger partial charge in [-0.15, -0.1) is 0 Å². The predicted molar refractivity (Wildman–Crippen MR) is 41.4 cm³/mol. The van der Waals surface area contributed by atoms with Crippen LogP contribution in [0.3, 0.4) is 0 Å². The summed E-state index contributed by atoms with van der Waals surface area (Å²) >= 11 is 0. The normalized spacial score (nSPS) is 13.0. The standard InChI is InChI=1S/C8H16NO/c1-3-4-5-6-7(2)8(9)10/h7,9H,3-6H2,1-2H3. The summed E-state index contributed by atoms with van der Waals surface area (Å²) in [6, 6.07) is 0. The molecule has 0 aliphatic carbocycles. The SMILES string of the molecule is CCCCCC(C)C([NH])=O. The van der Waals surface area contributed by atoms with Gasteiger partial charge in [-0.1, -0.05) is 33.1 Å². The average Bonchev–Trinajstić information content (AvgIpc) is 1.88. The lowest BCUT2D eigenvalue weighted by Gasteiger charge is -2.03. The molecule has 1 amide bonds. The van der Waals surface area contributed by atoms with Crippen LogP contribution < -0.4 is 5.73 Å². The van der Waals surface area contributed by atoms with Crippen molar-refractivity contribution in [1.82, 2.24) is 5.73 Å². The molecule has 0 heterocycles. The lowest BCUT2D eigenvalue weighted by Crippen LogP contribution is -2.10. The zero-order valence-corrected chi connectivity index (χ0v) is 6.81. The van der Waals surface area contributed by atoms with Gasteiger partial charge in [0.05, 0.1) is 0 Å². The van der Waals surface area contributed by atoms with Crippen LogP contribution in [0.1, 0.15) is 39.5 Å². The number of carbonyl (C=O) groups excluding carboxylic acids is 1. The molecule has 59 valence electrons. The van der Waals surface area contributed by atoms with Crippen LogP contribution in [0.4, 0.5) is 0 Å². The van der Waals surface area contributed by atoms with Gasteiger partial charge in [0.15, 0.2) is 0 Å². The van der Waals surface area contributed by atoms with Crippen molar-refractivity contribution in [3.05, 3.63) is 0 Å². The van der Waals surface area contributed by atoms with Gasteiger partial charge in [-0.05, 0) is 6.42 Å². The first-order valence-electron chi connectivity index (χ1n) is 3.94. The van der Waals surface area contributed by atoms with Crippen molar-refractivity contribution in [2.24, 2.45) is 5.92 Å². The maximum absolute atomic E-state index is 10.4. The van der Waals surface area contributed by atoms with Crippen molar-refractivity contribution >= 4 is 5.91 Å². The molecule has 2 nitrogen and oxygen atoms in total. The molecule has 2 heteroatoms. The average molecular weight is 142 g/mol. The molecule has 0 bridgehead atoms. The second-order valence-electron chi connectivity index (χ2n) is 2.76. The maximum Gasteiger partial charge on any atom is 0.241 e. The van der Waals surface area contributed by atoms with Gasteiger partial charge in [-0.2, -0.15) is 0 Å².